The number of nitrogens with one attached hydrogen (secondary N) is 2. The van der Waals surface area contributed by atoms with Crippen LogP contribution in [0.15, 0.2) is 0 Å². The van der Waals surface area contributed by atoms with Crippen molar-refractivity contribution in [3.05, 3.63) is 0 Å². The molecule has 2 heterocycles. The predicted octanol–water partition coefficient (Wildman–Crippen LogP) is 0.400. The van der Waals surface area contributed by atoms with Crippen LogP contribution in [0.2, 0.25) is 0 Å². The van der Waals surface area contributed by atoms with E-state index in [1.165, 1.54) is 0 Å². The highest BCUT2D eigenvalue weighted by Crippen LogP contribution is 2.30. The molecule has 0 aromatic rings. The summed E-state index contributed by atoms with van der Waals surface area (Å²) in [5.41, 5.74) is 0.194. The molecular formula is C10H19N3O. The maximum Gasteiger partial charge on any atom is 0.317 e. The zero-order valence-electron chi connectivity index (χ0n) is 8.97. The average molecular weight is 197 g/mol. The number of nitrogens with zero attached hydrogens (tertiary/aromatic N) is 1. The van der Waals surface area contributed by atoms with Crippen LogP contribution < -0.4 is 10.6 Å². The number of hydrogen-bond acceptors (Lipinski definition) is 2. The molecular weight excluding hydrogens is 178 g/mol. The van der Waals surface area contributed by atoms with Gasteiger partial charge >= 0.3 is 6.03 Å². The molecule has 4 heteroatoms. The lowest BCUT2D eigenvalue weighted by Crippen LogP contribution is -2.55. The van der Waals surface area contributed by atoms with Gasteiger partial charge in [-0.3, -0.25) is 0 Å². The molecule has 2 N–H and O–H groups in total. The van der Waals surface area contributed by atoms with Crippen molar-refractivity contribution in [2.45, 2.75) is 26.3 Å². The Hall–Kier alpha value is -0.770. The molecule has 2 rings (SSSR count). The molecule has 0 radical (unpaired) electrons. The molecule has 0 aliphatic carbocycles. The van der Waals surface area contributed by atoms with E-state index in [9.17, 15) is 4.79 Å². The van der Waals surface area contributed by atoms with Gasteiger partial charge in [0.2, 0.25) is 0 Å². The first kappa shape index (κ1) is 9.77. The molecule has 0 bridgehead atoms. The summed E-state index contributed by atoms with van der Waals surface area (Å²) in [6, 6.07) is 0.510. The monoisotopic (exact) mass is 197 g/mol. The van der Waals surface area contributed by atoms with Gasteiger partial charge in [-0.15, -0.1) is 0 Å². The third-order valence-corrected chi connectivity index (χ3v) is 3.34. The Bertz CT molecular complexity index is 240. The van der Waals surface area contributed by atoms with Crippen LogP contribution in [0.1, 0.15) is 20.3 Å². The van der Waals surface area contributed by atoms with Gasteiger partial charge in [-0.25, -0.2) is 4.79 Å². The lowest BCUT2D eigenvalue weighted by Gasteiger charge is -2.43. The van der Waals surface area contributed by atoms with E-state index in [0.29, 0.717) is 6.04 Å². The molecule has 2 amide bonds. The van der Waals surface area contributed by atoms with Crippen molar-refractivity contribution in [2.75, 3.05) is 26.2 Å². The number of piperidine rings is 1. The molecule has 2 fully saturated rings. The zero-order valence-corrected chi connectivity index (χ0v) is 8.97. The average Bonchev–Trinajstić information content (AvgIpc) is 2.51. The van der Waals surface area contributed by atoms with Gasteiger partial charge in [0.15, 0.2) is 0 Å². The van der Waals surface area contributed by atoms with Gasteiger partial charge in [0.1, 0.15) is 0 Å². The van der Waals surface area contributed by atoms with Gasteiger partial charge in [0.05, 0.1) is 0 Å². The molecule has 0 aromatic heterocycles. The summed E-state index contributed by atoms with van der Waals surface area (Å²) in [5, 5.41) is 6.26. The van der Waals surface area contributed by atoms with Crippen LogP contribution in [0.5, 0.6) is 0 Å². The van der Waals surface area contributed by atoms with Gasteiger partial charge in [0.25, 0.3) is 0 Å². The molecule has 80 valence electrons. The van der Waals surface area contributed by atoms with Crippen molar-refractivity contribution >= 4 is 6.03 Å². The molecule has 1 atom stereocenters. The normalized spacial score (nSPS) is 31.7. The largest absolute Gasteiger partial charge is 0.336 e. The highest BCUT2D eigenvalue weighted by molar-refractivity contribution is 5.76. The maximum absolute atomic E-state index is 11.6. The van der Waals surface area contributed by atoms with E-state index in [2.05, 4.69) is 24.5 Å². The molecule has 14 heavy (non-hydrogen) atoms. The fourth-order valence-corrected chi connectivity index (χ4v) is 2.52. The van der Waals surface area contributed by atoms with Crippen LogP contribution in [0.3, 0.4) is 0 Å². The van der Waals surface area contributed by atoms with Gasteiger partial charge in [-0.05, 0) is 18.4 Å². The van der Waals surface area contributed by atoms with Gasteiger partial charge in [0, 0.05) is 25.7 Å². The summed E-state index contributed by atoms with van der Waals surface area (Å²) in [5.74, 6) is 0. The maximum atomic E-state index is 11.6. The fourth-order valence-electron chi connectivity index (χ4n) is 2.52. The minimum Gasteiger partial charge on any atom is -0.336 e. The first-order valence-electron chi connectivity index (χ1n) is 5.36. The highest BCUT2D eigenvalue weighted by Gasteiger charge is 2.39. The van der Waals surface area contributed by atoms with E-state index in [-0.39, 0.29) is 11.4 Å². The summed E-state index contributed by atoms with van der Waals surface area (Å²) in [6.07, 6.45) is 1.07. The smallest absolute Gasteiger partial charge is 0.317 e. The van der Waals surface area contributed by atoms with Crippen molar-refractivity contribution < 1.29 is 4.79 Å². The number of amides is 2. The molecule has 0 saturated carbocycles. The quantitative estimate of drug-likeness (QED) is 0.639. The summed E-state index contributed by atoms with van der Waals surface area (Å²) < 4.78 is 0. The third kappa shape index (κ3) is 1.59. The second-order valence-corrected chi connectivity index (χ2v) is 4.90. The summed E-state index contributed by atoms with van der Waals surface area (Å²) in [7, 11) is 0. The van der Waals surface area contributed by atoms with E-state index < -0.39 is 0 Å². The summed E-state index contributed by atoms with van der Waals surface area (Å²) in [6.45, 7) is 8.16. The molecule has 2 aliphatic rings. The van der Waals surface area contributed by atoms with E-state index in [1.54, 1.807) is 0 Å². The number of carbonyl (C=O) groups excluding carboxylic acids is 1. The third-order valence-electron chi connectivity index (χ3n) is 3.34. The van der Waals surface area contributed by atoms with Crippen LogP contribution in [0, 0.1) is 5.41 Å². The Kier molecular flexibility index (Phi) is 2.39. The van der Waals surface area contributed by atoms with Gasteiger partial charge in [-0.2, -0.15) is 0 Å². The van der Waals surface area contributed by atoms with Crippen molar-refractivity contribution in [3.63, 3.8) is 0 Å². The van der Waals surface area contributed by atoms with E-state index in [4.69, 9.17) is 0 Å². The van der Waals surface area contributed by atoms with E-state index in [1.807, 2.05) is 4.90 Å². The van der Waals surface area contributed by atoms with Crippen LogP contribution in [-0.2, 0) is 0 Å². The van der Waals surface area contributed by atoms with Crippen molar-refractivity contribution in [3.8, 4) is 0 Å². The van der Waals surface area contributed by atoms with E-state index in [0.717, 1.165) is 32.6 Å². The lowest BCUT2D eigenvalue weighted by molar-refractivity contribution is 0.0963. The minimum absolute atomic E-state index is 0.116. The molecule has 0 spiro atoms. The second-order valence-electron chi connectivity index (χ2n) is 4.90. The van der Waals surface area contributed by atoms with Crippen LogP contribution in [0.25, 0.3) is 0 Å². The van der Waals surface area contributed by atoms with Crippen LogP contribution >= 0.6 is 0 Å². The summed E-state index contributed by atoms with van der Waals surface area (Å²) in [4.78, 5) is 13.6. The highest BCUT2D eigenvalue weighted by atomic mass is 16.2. The Morgan fingerprint density at radius 1 is 1.43 bits per heavy atom. The first-order chi connectivity index (χ1) is 6.61. The minimum atomic E-state index is 0.116. The second kappa shape index (κ2) is 3.42. The Morgan fingerprint density at radius 3 is 2.79 bits per heavy atom. The number of carbonyl (C=O) groups is 1. The zero-order chi connectivity index (χ0) is 10.2. The van der Waals surface area contributed by atoms with Gasteiger partial charge < -0.3 is 15.5 Å². The van der Waals surface area contributed by atoms with Gasteiger partial charge in [-0.1, -0.05) is 13.8 Å². The molecule has 4 nitrogen and oxygen atoms in total. The molecule has 0 aromatic carbocycles. The van der Waals surface area contributed by atoms with Crippen LogP contribution in [-0.4, -0.2) is 43.2 Å². The fraction of sp³-hybridized carbons (Fsp3) is 0.900. The SMILES string of the molecule is CC1(C)CNCCC1N1CCNC1=O. The molecule has 2 saturated heterocycles. The van der Waals surface area contributed by atoms with Crippen molar-refractivity contribution in [1.82, 2.24) is 15.5 Å². The van der Waals surface area contributed by atoms with Crippen LogP contribution in [0.4, 0.5) is 4.79 Å². The Labute approximate surface area is 85.0 Å². The predicted molar refractivity (Wildman–Crippen MR) is 55.2 cm³/mol. The van der Waals surface area contributed by atoms with E-state index >= 15 is 0 Å². The Morgan fingerprint density at radius 2 is 2.21 bits per heavy atom. The molecule has 1 unspecified atom stereocenters. The van der Waals surface area contributed by atoms with Crippen molar-refractivity contribution in [1.29, 1.82) is 0 Å². The molecule has 2 aliphatic heterocycles. The van der Waals surface area contributed by atoms with Crippen molar-refractivity contribution in [2.24, 2.45) is 5.41 Å². The number of hydrogen-bond donors (Lipinski definition) is 2. The topological polar surface area (TPSA) is 44.4 Å². The lowest BCUT2D eigenvalue weighted by atomic mass is 9.79. The number of urea groups is 1. The first-order valence-corrected chi connectivity index (χ1v) is 5.36. The Balaban J connectivity index is 2.11. The standard InChI is InChI=1S/C10H19N3O/c1-10(2)7-11-4-3-8(10)13-6-5-12-9(13)14/h8,11H,3-7H2,1-2H3,(H,12,14). The number of rotatable bonds is 1. The summed E-state index contributed by atoms with van der Waals surface area (Å²) >= 11 is 0.